The zero-order chi connectivity index (χ0) is 23.2. The number of thiophene rings is 2. The molecule has 0 N–H and O–H groups in total. The summed E-state index contributed by atoms with van der Waals surface area (Å²) in [5.74, 6) is 0. The molecule has 3 aromatic heterocycles. The third-order valence-corrected chi connectivity index (χ3v) is 9.86. The standard InChI is InChI=1S/C26H26Br2N2S3/c1-3-5-7-19-15-21(31-25(19)27)13-11-17-9-10-18(24-23(17)29-33-30-24)12-14-22-16-20(8-6-4-2)26(28)32-22/h9-16H,3-8H2,1-2H3/b13-11+,14-12+. The fourth-order valence-electron chi connectivity index (χ4n) is 3.61. The van der Waals surface area contributed by atoms with E-state index in [0.717, 1.165) is 35.0 Å². The molecule has 2 nitrogen and oxygen atoms in total. The Morgan fingerprint density at radius 3 is 1.61 bits per heavy atom. The molecule has 0 spiro atoms. The average Bonchev–Trinajstić information content (AvgIpc) is 3.52. The molecule has 0 saturated carbocycles. The van der Waals surface area contributed by atoms with Crippen LogP contribution in [0.4, 0.5) is 0 Å². The van der Waals surface area contributed by atoms with Crippen LogP contribution in [-0.4, -0.2) is 8.75 Å². The van der Waals surface area contributed by atoms with Gasteiger partial charge in [0.2, 0.25) is 0 Å². The molecule has 1 aromatic carbocycles. The second-order valence-corrected chi connectivity index (χ2v) is 13.3. The van der Waals surface area contributed by atoms with E-state index < -0.39 is 0 Å². The van der Waals surface area contributed by atoms with Crippen LogP contribution in [0.25, 0.3) is 35.3 Å². The highest BCUT2D eigenvalue weighted by Crippen LogP contribution is 2.33. The van der Waals surface area contributed by atoms with Crippen LogP contribution < -0.4 is 0 Å². The van der Waals surface area contributed by atoms with Crippen molar-refractivity contribution in [3.63, 3.8) is 0 Å². The summed E-state index contributed by atoms with van der Waals surface area (Å²) in [7, 11) is 0. The number of halogens is 2. The van der Waals surface area contributed by atoms with Gasteiger partial charge in [0.1, 0.15) is 11.0 Å². The summed E-state index contributed by atoms with van der Waals surface area (Å²) in [6.07, 6.45) is 15.8. The van der Waals surface area contributed by atoms with E-state index in [1.165, 1.54) is 65.9 Å². The van der Waals surface area contributed by atoms with Crippen molar-refractivity contribution in [3.8, 4) is 0 Å². The Morgan fingerprint density at radius 2 is 1.18 bits per heavy atom. The lowest BCUT2D eigenvalue weighted by molar-refractivity contribution is 0.795. The Bertz CT molecular complexity index is 1180. The van der Waals surface area contributed by atoms with Crippen molar-refractivity contribution in [2.24, 2.45) is 0 Å². The summed E-state index contributed by atoms with van der Waals surface area (Å²) in [5.41, 5.74) is 6.96. The van der Waals surface area contributed by atoms with E-state index in [4.69, 9.17) is 0 Å². The third-order valence-electron chi connectivity index (χ3n) is 5.48. The van der Waals surface area contributed by atoms with Gasteiger partial charge in [-0.05, 0) is 93.0 Å². The first kappa shape index (κ1) is 25.0. The van der Waals surface area contributed by atoms with E-state index in [2.05, 4.69) is 103 Å². The Balaban J connectivity index is 1.54. The van der Waals surface area contributed by atoms with E-state index in [0.29, 0.717) is 0 Å². The van der Waals surface area contributed by atoms with E-state index in [9.17, 15) is 0 Å². The molecule has 4 aromatic rings. The van der Waals surface area contributed by atoms with Crippen molar-refractivity contribution in [1.82, 2.24) is 8.75 Å². The Morgan fingerprint density at radius 1 is 0.727 bits per heavy atom. The zero-order valence-electron chi connectivity index (χ0n) is 18.7. The maximum Gasteiger partial charge on any atom is 0.112 e. The van der Waals surface area contributed by atoms with Gasteiger partial charge in [-0.2, -0.15) is 8.75 Å². The number of rotatable bonds is 10. The number of fused-ring (bicyclic) bond motifs is 1. The van der Waals surface area contributed by atoms with Gasteiger partial charge in [0, 0.05) is 20.9 Å². The molecule has 0 unspecified atom stereocenters. The SMILES string of the molecule is CCCCc1cc(/C=C/c2ccc(/C=C/c3cc(CCCC)c(Br)s3)c3nsnc23)sc1Br. The molecule has 7 heteroatoms. The highest BCUT2D eigenvalue weighted by molar-refractivity contribution is 9.11. The van der Waals surface area contributed by atoms with Crippen LogP contribution in [-0.2, 0) is 12.8 Å². The van der Waals surface area contributed by atoms with Gasteiger partial charge in [0.15, 0.2) is 0 Å². The van der Waals surface area contributed by atoms with Crippen molar-refractivity contribution >= 4 is 102 Å². The summed E-state index contributed by atoms with van der Waals surface area (Å²) in [4.78, 5) is 2.52. The van der Waals surface area contributed by atoms with Gasteiger partial charge in [-0.3, -0.25) is 0 Å². The van der Waals surface area contributed by atoms with Crippen LogP contribution in [0.2, 0.25) is 0 Å². The van der Waals surface area contributed by atoms with Gasteiger partial charge in [0.05, 0.1) is 19.3 Å². The van der Waals surface area contributed by atoms with E-state index in [1.807, 2.05) is 0 Å². The van der Waals surface area contributed by atoms with Crippen molar-refractivity contribution in [1.29, 1.82) is 0 Å². The van der Waals surface area contributed by atoms with Crippen LogP contribution in [0.3, 0.4) is 0 Å². The van der Waals surface area contributed by atoms with Crippen molar-refractivity contribution < 1.29 is 0 Å². The zero-order valence-corrected chi connectivity index (χ0v) is 24.4. The van der Waals surface area contributed by atoms with Crippen molar-refractivity contribution in [2.45, 2.75) is 52.4 Å². The first-order chi connectivity index (χ1) is 16.1. The van der Waals surface area contributed by atoms with E-state index in [-0.39, 0.29) is 0 Å². The fourth-order valence-corrected chi connectivity index (χ4v) is 7.62. The molecule has 0 atom stereocenters. The summed E-state index contributed by atoms with van der Waals surface area (Å²) in [5, 5.41) is 0. The minimum Gasteiger partial charge on any atom is -0.172 e. The predicted molar refractivity (Wildman–Crippen MR) is 157 cm³/mol. The molecule has 4 rings (SSSR count). The van der Waals surface area contributed by atoms with Crippen LogP contribution in [0.5, 0.6) is 0 Å². The lowest BCUT2D eigenvalue weighted by Gasteiger charge is -1.99. The first-order valence-electron chi connectivity index (χ1n) is 11.3. The molecule has 33 heavy (non-hydrogen) atoms. The molecule has 0 amide bonds. The van der Waals surface area contributed by atoms with Crippen LogP contribution >= 0.6 is 66.3 Å². The minimum atomic E-state index is 0.969. The van der Waals surface area contributed by atoms with Crippen LogP contribution in [0.1, 0.15) is 71.5 Å². The third kappa shape index (κ3) is 6.31. The van der Waals surface area contributed by atoms with Gasteiger partial charge in [-0.15, -0.1) is 22.7 Å². The second-order valence-electron chi connectivity index (χ2n) is 7.97. The number of benzene rings is 1. The van der Waals surface area contributed by atoms with Crippen molar-refractivity contribution in [3.05, 3.63) is 63.8 Å². The summed E-state index contributed by atoms with van der Waals surface area (Å²) >= 11 is 12.3. The molecule has 0 saturated heterocycles. The first-order valence-corrected chi connectivity index (χ1v) is 15.2. The quantitative estimate of drug-likeness (QED) is 0.176. The number of aryl methyl sites for hydroxylation is 2. The van der Waals surface area contributed by atoms with Gasteiger partial charge < -0.3 is 0 Å². The van der Waals surface area contributed by atoms with Crippen molar-refractivity contribution in [2.75, 3.05) is 0 Å². The number of aromatic nitrogens is 2. The molecule has 0 fully saturated rings. The van der Waals surface area contributed by atoms with Crippen LogP contribution in [0.15, 0.2) is 31.8 Å². The van der Waals surface area contributed by atoms with Gasteiger partial charge >= 0.3 is 0 Å². The highest BCUT2D eigenvalue weighted by atomic mass is 79.9. The number of unbranched alkanes of at least 4 members (excludes halogenated alkanes) is 2. The molecular formula is C26H26Br2N2S3. The Labute approximate surface area is 225 Å². The van der Waals surface area contributed by atoms with Gasteiger partial charge in [0.25, 0.3) is 0 Å². The molecule has 3 heterocycles. The molecule has 0 radical (unpaired) electrons. The number of hydrogen-bond donors (Lipinski definition) is 0. The molecular weight excluding hydrogens is 596 g/mol. The smallest absolute Gasteiger partial charge is 0.112 e. The largest absolute Gasteiger partial charge is 0.172 e. The summed E-state index contributed by atoms with van der Waals surface area (Å²) in [6, 6.07) is 8.89. The molecule has 0 bridgehead atoms. The summed E-state index contributed by atoms with van der Waals surface area (Å²) in [6.45, 7) is 4.47. The monoisotopic (exact) mass is 620 g/mol. The number of nitrogens with zero attached hydrogens (tertiary/aromatic N) is 2. The van der Waals surface area contributed by atoms with Gasteiger partial charge in [-0.1, -0.05) is 51.0 Å². The van der Waals surface area contributed by atoms with E-state index in [1.54, 1.807) is 22.7 Å². The lowest BCUT2D eigenvalue weighted by Crippen LogP contribution is -1.82. The Hall–Kier alpha value is -1.12. The van der Waals surface area contributed by atoms with Crippen LogP contribution in [0, 0.1) is 0 Å². The molecule has 0 aliphatic carbocycles. The number of hydrogen-bond acceptors (Lipinski definition) is 5. The summed E-state index contributed by atoms with van der Waals surface area (Å²) < 4.78 is 11.7. The Kier molecular flexibility index (Phi) is 9.11. The maximum absolute atomic E-state index is 4.60. The normalized spacial score (nSPS) is 12.1. The average molecular weight is 623 g/mol. The molecule has 0 aliphatic heterocycles. The molecule has 0 aliphatic rings. The minimum absolute atomic E-state index is 0.969. The van der Waals surface area contributed by atoms with E-state index >= 15 is 0 Å². The fraction of sp³-hybridized carbons (Fsp3) is 0.308. The lowest BCUT2D eigenvalue weighted by atomic mass is 10.1. The second kappa shape index (κ2) is 12.0. The topological polar surface area (TPSA) is 25.8 Å². The maximum atomic E-state index is 4.60. The molecule has 172 valence electrons. The highest BCUT2D eigenvalue weighted by Gasteiger charge is 2.09. The predicted octanol–water partition coefficient (Wildman–Crippen LogP) is 10.4. The van der Waals surface area contributed by atoms with Gasteiger partial charge in [-0.25, -0.2) is 0 Å².